The Kier molecular flexibility index (Phi) is 4.67. The second kappa shape index (κ2) is 6.11. The second-order valence-electron chi connectivity index (χ2n) is 5.30. The standard InChI is InChI=1S/C14H23N3O2S/c1-3-17-8-4-5-13(17)10-16-20(18,19)14-9-12(15)7-6-11(14)2/h6-7,9,13,16H,3-5,8,10,15H2,1-2H3/t13-/m1/s1. The number of nitrogen functional groups attached to an aromatic ring is 1. The summed E-state index contributed by atoms with van der Waals surface area (Å²) in [5.41, 5.74) is 6.86. The van der Waals surface area contributed by atoms with Crippen LogP contribution in [0.2, 0.25) is 0 Å². The molecule has 0 radical (unpaired) electrons. The normalized spacial score (nSPS) is 20.4. The zero-order chi connectivity index (χ0) is 14.8. The Morgan fingerprint density at radius 2 is 2.20 bits per heavy atom. The minimum Gasteiger partial charge on any atom is -0.399 e. The lowest BCUT2D eigenvalue weighted by Gasteiger charge is -2.23. The summed E-state index contributed by atoms with van der Waals surface area (Å²) in [6.07, 6.45) is 2.18. The average molecular weight is 297 g/mol. The molecule has 0 aliphatic carbocycles. The number of likely N-dealkylation sites (N-methyl/N-ethyl adjacent to an activating group) is 1. The quantitative estimate of drug-likeness (QED) is 0.804. The van der Waals surface area contributed by atoms with E-state index in [9.17, 15) is 8.42 Å². The zero-order valence-corrected chi connectivity index (χ0v) is 12.9. The van der Waals surface area contributed by atoms with Crippen molar-refractivity contribution in [3.05, 3.63) is 23.8 Å². The highest BCUT2D eigenvalue weighted by molar-refractivity contribution is 7.89. The van der Waals surface area contributed by atoms with Crippen molar-refractivity contribution in [3.8, 4) is 0 Å². The first-order valence-electron chi connectivity index (χ1n) is 7.04. The number of nitrogens with one attached hydrogen (secondary N) is 1. The summed E-state index contributed by atoms with van der Waals surface area (Å²) in [4.78, 5) is 2.59. The lowest BCUT2D eigenvalue weighted by molar-refractivity contribution is 0.268. The fourth-order valence-corrected chi connectivity index (χ4v) is 4.08. The van der Waals surface area contributed by atoms with Gasteiger partial charge < -0.3 is 5.73 Å². The van der Waals surface area contributed by atoms with Gasteiger partial charge in [-0.25, -0.2) is 13.1 Å². The molecule has 20 heavy (non-hydrogen) atoms. The van der Waals surface area contributed by atoms with E-state index in [1.807, 2.05) is 0 Å². The van der Waals surface area contributed by atoms with Crippen LogP contribution in [0.1, 0.15) is 25.3 Å². The Bertz CT molecular complexity index is 572. The third kappa shape index (κ3) is 3.31. The van der Waals surface area contributed by atoms with Crippen LogP contribution in [0.15, 0.2) is 23.1 Å². The van der Waals surface area contributed by atoms with Crippen molar-refractivity contribution < 1.29 is 8.42 Å². The van der Waals surface area contributed by atoms with Gasteiger partial charge in [0.2, 0.25) is 10.0 Å². The summed E-state index contributed by atoms with van der Waals surface area (Å²) in [6, 6.07) is 5.27. The predicted molar refractivity (Wildman–Crippen MR) is 81.0 cm³/mol. The maximum atomic E-state index is 12.4. The molecule has 0 unspecified atom stereocenters. The van der Waals surface area contributed by atoms with Gasteiger partial charge in [-0.3, -0.25) is 4.90 Å². The molecule has 1 aromatic carbocycles. The van der Waals surface area contributed by atoms with Gasteiger partial charge in [-0.05, 0) is 50.6 Å². The van der Waals surface area contributed by atoms with Crippen molar-refractivity contribution in [1.82, 2.24) is 9.62 Å². The summed E-state index contributed by atoms with van der Waals surface area (Å²) in [7, 11) is -3.49. The molecular formula is C14H23N3O2S. The Hall–Kier alpha value is -1.11. The number of likely N-dealkylation sites (tertiary alicyclic amines) is 1. The minimum absolute atomic E-state index is 0.276. The number of benzene rings is 1. The van der Waals surface area contributed by atoms with Crippen LogP contribution in [0.25, 0.3) is 0 Å². The summed E-state index contributed by atoms with van der Waals surface area (Å²) in [5.74, 6) is 0. The molecule has 0 amide bonds. The molecular weight excluding hydrogens is 274 g/mol. The first-order valence-corrected chi connectivity index (χ1v) is 8.52. The van der Waals surface area contributed by atoms with Gasteiger partial charge in [0, 0.05) is 18.3 Å². The topological polar surface area (TPSA) is 75.4 Å². The Balaban J connectivity index is 2.09. The van der Waals surface area contributed by atoms with Gasteiger partial charge in [-0.1, -0.05) is 13.0 Å². The van der Waals surface area contributed by atoms with E-state index in [0.29, 0.717) is 23.8 Å². The van der Waals surface area contributed by atoms with Gasteiger partial charge >= 0.3 is 0 Å². The number of nitrogens with two attached hydrogens (primary N) is 1. The van der Waals surface area contributed by atoms with Crippen molar-refractivity contribution in [2.24, 2.45) is 0 Å². The van der Waals surface area contributed by atoms with Crippen LogP contribution in [-0.4, -0.2) is 39.0 Å². The van der Waals surface area contributed by atoms with Crippen LogP contribution in [0, 0.1) is 6.92 Å². The molecule has 112 valence electrons. The number of hydrogen-bond donors (Lipinski definition) is 2. The van der Waals surface area contributed by atoms with Gasteiger partial charge in [0.05, 0.1) is 4.90 Å². The maximum Gasteiger partial charge on any atom is 0.240 e. The van der Waals surface area contributed by atoms with E-state index < -0.39 is 10.0 Å². The third-order valence-electron chi connectivity index (χ3n) is 3.92. The van der Waals surface area contributed by atoms with Crippen molar-refractivity contribution >= 4 is 15.7 Å². The maximum absolute atomic E-state index is 12.4. The van der Waals surface area contributed by atoms with E-state index in [2.05, 4.69) is 16.5 Å². The van der Waals surface area contributed by atoms with Crippen LogP contribution < -0.4 is 10.5 Å². The molecule has 1 saturated heterocycles. The summed E-state index contributed by atoms with van der Waals surface area (Å²) in [6.45, 7) is 6.37. The molecule has 2 rings (SSSR count). The molecule has 3 N–H and O–H groups in total. The third-order valence-corrected chi connectivity index (χ3v) is 5.48. The number of rotatable bonds is 5. The van der Waals surface area contributed by atoms with E-state index in [1.165, 1.54) is 6.07 Å². The molecule has 0 bridgehead atoms. The molecule has 6 heteroatoms. The van der Waals surface area contributed by atoms with Crippen molar-refractivity contribution in [3.63, 3.8) is 0 Å². The molecule has 1 heterocycles. The van der Waals surface area contributed by atoms with Crippen LogP contribution in [0.5, 0.6) is 0 Å². The lowest BCUT2D eigenvalue weighted by atomic mass is 10.2. The fourth-order valence-electron chi connectivity index (χ4n) is 2.73. The van der Waals surface area contributed by atoms with Crippen molar-refractivity contribution in [1.29, 1.82) is 0 Å². The fraction of sp³-hybridized carbons (Fsp3) is 0.571. The average Bonchev–Trinajstić information content (AvgIpc) is 2.86. The molecule has 1 aliphatic heterocycles. The van der Waals surface area contributed by atoms with Crippen molar-refractivity contribution in [2.45, 2.75) is 37.6 Å². The molecule has 1 aliphatic rings. The molecule has 0 aromatic heterocycles. The van der Waals surface area contributed by atoms with Gasteiger partial charge in [0.15, 0.2) is 0 Å². The first kappa shape index (κ1) is 15.3. The Morgan fingerprint density at radius 1 is 1.45 bits per heavy atom. The molecule has 5 nitrogen and oxygen atoms in total. The molecule has 1 fully saturated rings. The minimum atomic E-state index is -3.49. The van der Waals surface area contributed by atoms with Crippen molar-refractivity contribution in [2.75, 3.05) is 25.4 Å². The first-order chi connectivity index (χ1) is 9.44. The van der Waals surface area contributed by atoms with Crippen LogP contribution >= 0.6 is 0 Å². The zero-order valence-electron chi connectivity index (χ0n) is 12.1. The summed E-state index contributed by atoms with van der Waals surface area (Å²) in [5, 5.41) is 0. The highest BCUT2D eigenvalue weighted by atomic mass is 32.2. The monoisotopic (exact) mass is 297 g/mol. The molecule has 1 aromatic rings. The smallest absolute Gasteiger partial charge is 0.240 e. The lowest BCUT2D eigenvalue weighted by Crippen LogP contribution is -2.40. The predicted octanol–water partition coefficient (Wildman–Crippen LogP) is 1.34. The number of sulfonamides is 1. The van der Waals surface area contributed by atoms with Crippen LogP contribution in [0.4, 0.5) is 5.69 Å². The molecule has 0 saturated carbocycles. The highest BCUT2D eigenvalue weighted by Gasteiger charge is 2.25. The van der Waals surface area contributed by atoms with E-state index in [0.717, 1.165) is 25.9 Å². The summed E-state index contributed by atoms with van der Waals surface area (Å²) >= 11 is 0. The number of aryl methyl sites for hydroxylation is 1. The number of nitrogens with zero attached hydrogens (tertiary/aromatic N) is 1. The number of hydrogen-bond acceptors (Lipinski definition) is 4. The molecule has 0 spiro atoms. The highest BCUT2D eigenvalue weighted by Crippen LogP contribution is 2.20. The number of anilines is 1. The van der Waals surface area contributed by atoms with E-state index in [1.54, 1.807) is 19.1 Å². The van der Waals surface area contributed by atoms with Crippen LogP contribution in [0.3, 0.4) is 0 Å². The summed E-state index contributed by atoms with van der Waals surface area (Å²) < 4.78 is 27.5. The van der Waals surface area contributed by atoms with Gasteiger partial charge in [-0.2, -0.15) is 0 Å². The van der Waals surface area contributed by atoms with Gasteiger partial charge in [0.1, 0.15) is 0 Å². The largest absolute Gasteiger partial charge is 0.399 e. The Labute approximate surface area is 121 Å². The van der Waals surface area contributed by atoms with E-state index >= 15 is 0 Å². The van der Waals surface area contributed by atoms with Gasteiger partial charge in [-0.15, -0.1) is 0 Å². The SMILES string of the molecule is CCN1CCC[C@@H]1CNS(=O)(=O)c1cc(N)ccc1C. The van der Waals surface area contributed by atoms with E-state index in [4.69, 9.17) is 5.73 Å². The van der Waals surface area contributed by atoms with E-state index in [-0.39, 0.29) is 4.90 Å². The Morgan fingerprint density at radius 3 is 2.90 bits per heavy atom. The second-order valence-corrected chi connectivity index (χ2v) is 7.04. The van der Waals surface area contributed by atoms with Gasteiger partial charge in [0.25, 0.3) is 0 Å². The molecule has 1 atom stereocenters. The van der Waals surface area contributed by atoms with Crippen LogP contribution in [-0.2, 0) is 10.0 Å².